The van der Waals surface area contributed by atoms with Gasteiger partial charge in [-0.15, -0.1) is 0 Å². The molecule has 3 heterocycles. The molecule has 0 radical (unpaired) electrons. The monoisotopic (exact) mass is 442 g/mol. The molecule has 3 amide bonds. The number of hydrogen-bond donors (Lipinski definition) is 2. The molecule has 2 N–H and O–H groups in total. The van der Waals surface area contributed by atoms with Gasteiger partial charge in [0, 0.05) is 35.6 Å². The van der Waals surface area contributed by atoms with Crippen LogP contribution in [0.25, 0.3) is 10.9 Å². The maximum absolute atomic E-state index is 14.3. The molecule has 170 valence electrons. The highest BCUT2D eigenvalue weighted by Crippen LogP contribution is 2.51. The van der Waals surface area contributed by atoms with E-state index < -0.39 is 5.54 Å². The molecule has 1 unspecified atom stereocenters. The fourth-order valence-corrected chi connectivity index (χ4v) is 6.30. The molecular formula is C27H30N4O2. The van der Waals surface area contributed by atoms with Gasteiger partial charge in [-0.25, -0.2) is 4.79 Å². The first-order valence-corrected chi connectivity index (χ1v) is 12.3. The number of H-pyrrole nitrogens is 1. The first-order valence-electron chi connectivity index (χ1n) is 12.3. The van der Waals surface area contributed by atoms with E-state index in [9.17, 15) is 9.59 Å². The second-order valence-electron chi connectivity index (χ2n) is 9.49. The Hall–Kier alpha value is -3.28. The van der Waals surface area contributed by atoms with E-state index in [1.54, 1.807) is 0 Å². The minimum atomic E-state index is -1.17. The lowest BCUT2D eigenvalue weighted by molar-refractivity contribution is -0.126. The second kappa shape index (κ2) is 7.65. The van der Waals surface area contributed by atoms with Crippen molar-refractivity contribution < 1.29 is 9.59 Å². The number of likely N-dealkylation sites (N-methyl/N-ethyl adjacent to an activating group) is 1. The van der Waals surface area contributed by atoms with Crippen LogP contribution in [-0.2, 0) is 16.8 Å². The van der Waals surface area contributed by atoms with E-state index >= 15 is 0 Å². The largest absolute Gasteiger partial charge is 0.355 e. The molecule has 1 aliphatic carbocycles. The van der Waals surface area contributed by atoms with E-state index in [1.807, 2.05) is 53.1 Å². The molecule has 1 spiro atoms. The maximum Gasteiger partial charge on any atom is 0.319 e. The molecule has 6 heteroatoms. The van der Waals surface area contributed by atoms with Gasteiger partial charge in [0.1, 0.15) is 0 Å². The second-order valence-corrected chi connectivity index (χ2v) is 9.49. The van der Waals surface area contributed by atoms with E-state index in [0.29, 0.717) is 13.1 Å². The van der Waals surface area contributed by atoms with Gasteiger partial charge >= 0.3 is 6.03 Å². The quantitative estimate of drug-likeness (QED) is 0.605. The van der Waals surface area contributed by atoms with Crippen molar-refractivity contribution in [3.63, 3.8) is 0 Å². The first-order chi connectivity index (χ1) is 16.2. The highest BCUT2D eigenvalue weighted by atomic mass is 16.2. The highest BCUT2D eigenvalue weighted by molar-refractivity contribution is 6.12. The Morgan fingerprint density at radius 3 is 2.67 bits per heavy atom. The lowest BCUT2D eigenvalue weighted by atomic mass is 9.80. The number of benzene rings is 2. The summed E-state index contributed by atoms with van der Waals surface area (Å²) in [5.41, 5.74) is 3.63. The van der Waals surface area contributed by atoms with Crippen molar-refractivity contribution in [1.82, 2.24) is 15.2 Å². The minimum absolute atomic E-state index is 0.0440. The number of amides is 3. The lowest BCUT2D eigenvalue weighted by Gasteiger charge is -2.44. The van der Waals surface area contributed by atoms with Gasteiger partial charge in [-0.05, 0) is 43.9 Å². The third-order valence-electron chi connectivity index (χ3n) is 7.80. The smallest absolute Gasteiger partial charge is 0.319 e. The van der Waals surface area contributed by atoms with Gasteiger partial charge in [-0.2, -0.15) is 0 Å². The van der Waals surface area contributed by atoms with E-state index in [4.69, 9.17) is 0 Å². The molecule has 2 aromatic carbocycles. The van der Waals surface area contributed by atoms with Gasteiger partial charge in [-0.3, -0.25) is 4.79 Å². The summed E-state index contributed by atoms with van der Waals surface area (Å²) in [5, 5.41) is 4.43. The van der Waals surface area contributed by atoms with Crippen LogP contribution in [-0.4, -0.2) is 41.0 Å². The Morgan fingerprint density at radius 2 is 1.85 bits per heavy atom. The van der Waals surface area contributed by atoms with Crippen molar-refractivity contribution >= 4 is 28.5 Å². The molecule has 1 atom stereocenters. The van der Waals surface area contributed by atoms with Crippen molar-refractivity contribution in [1.29, 1.82) is 0 Å². The number of carbonyl (C=O) groups is 2. The Labute approximate surface area is 193 Å². The number of urea groups is 1. The Balaban J connectivity index is 1.55. The average Bonchev–Trinajstić information content (AvgIpc) is 3.34. The number of nitrogens with one attached hydrogen (secondary N) is 2. The zero-order chi connectivity index (χ0) is 22.6. The molecule has 6 nitrogen and oxygen atoms in total. The summed E-state index contributed by atoms with van der Waals surface area (Å²) in [4.78, 5) is 35.4. The number of aromatic amines is 1. The molecule has 33 heavy (non-hydrogen) atoms. The van der Waals surface area contributed by atoms with Gasteiger partial charge in [0.05, 0.1) is 11.4 Å². The van der Waals surface area contributed by atoms with Crippen molar-refractivity contribution in [2.75, 3.05) is 18.0 Å². The van der Waals surface area contributed by atoms with Crippen LogP contribution in [0.5, 0.6) is 0 Å². The van der Waals surface area contributed by atoms with Crippen molar-refractivity contribution in [3.05, 3.63) is 65.4 Å². The molecule has 1 saturated carbocycles. The Bertz CT molecular complexity index is 1240. The predicted octanol–water partition coefficient (Wildman–Crippen LogP) is 4.68. The van der Waals surface area contributed by atoms with E-state index in [-0.39, 0.29) is 18.0 Å². The van der Waals surface area contributed by atoms with Gasteiger partial charge < -0.3 is 20.1 Å². The SMILES string of the molecule is CCN1C(=O)C2(c3ccccc31)c1[nH]c3ccccc3c1CCN2C(=O)NC1CCCCC1. The van der Waals surface area contributed by atoms with Crippen molar-refractivity contribution in [2.45, 2.75) is 57.0 Å². The average molecular weight is 443 g/mol. The summed E-state index contributed by atoms with van der Waals surface area (Å²) < 4.78 is 0. The summed E-state index contributed by atoms with van der Waals surface area (Å²) in [6, 6.07) is 16.2. The van der Waals surface area contributed by atoms with Crippen LogP contribution < -0.4 is 10.2 Å². The van der Waals surface area contributed by atoms with Gasteiger partial charge in [0.2, 0.25) is 0 Å². The Kier molecular flexibility index (Phi) is 4.71. The van der Waals surface area contributed by atoms with Crippen molar-refractivity contribution in [2.24, 2.45) is 0 Å². The number of rotatable bonds is 2. The Morgan fingerprint density at radius 1 is 1.09 bits per heavy atom. The molecule has 1 fully saturated rings. The predicted molar refractivity (Wildman–Crippen MR) is 129 cm³/mol. The molecule has 3 aliphatic rings. The molecule has 0 bridgehead atoms. The molecule has 2 aliphatic heterocycles. The normalized spacial score (nSPS) is 22.6. The zero-order valence-electron chi connectivity index (χ0n) is 19.1. The third kappa shape index (κ3) is 2.79. The number of nitrogens with zero attached hydrogens (tertiary/aromatic N) is 2. The summed E-state index contributed by atoms with van der Waals surface area (Å²) in [7, 11) is 0. The van der Waals surface area contributed by atoms with E-state index in [0.717, 1.165) is 65.5 Å². The number of aromatic nitrogens is 1. The van der Waals surface area contributed by atoms with Crippen molar-refractivity contribution in [3.8, 4) is 0 Å². The molecule has 0 saturated heterocycles. The van der Waals surface area contributed by atoms with Crippen LogP contribution in [0.3, 0.4) is 0 Å². The standard InChI is InChI=1S/C27H30N4O2/c1-2-30-23-15-9-7-13-21(23)27(25(30)32)24-20(19-12-6-8-14-22(19)29-24)16-17-31(27)26(33)28-18-10-4-3-5-11-18/h6-9,12-15,18,29H,2-5,10-11,16-17H2,1H3,(H,28,33). The number of anilines is 1. The van der Waals surface area contributed by atoms with Crippen LogP contribution in [0.15, 0.2) is 48.5 Å². The fourth-order valence-electron chi connectivity index (χ4n) is 6.30. The summed E-state index contributed by atoms with van der Waals surface area (Å²) in [6.07, 6.45) is 6.27. The molecule has 1 aromatic heterocycles. The first kappa shape index (κ1) is 20.3. The fraction of sp³-hybridized carbons (Fsp3) is 0.407. The van der Waals surface area contributed by atoms with Crippen LogP contribution in [0, 0.1) is 0 Å². The molecule has 6 rings (SSSR count). The van der Waals surface area contributed by atoms with E-state index in [2.05, 4.69) is 22.4 Å². The number of hydrogen-bond acceptors (Lipinski definition) is 2. The third-order valence-corrected chi connectivity index (χ3v) is 7.80. The lowest BCUT2D eigenvalue weighted by Crippen LogP contribution is -2.62. The highest BCUT2D eigenvalue weighted by Gasteiger charge is 2.60. The van der Waals surface area contributed by atoms with Crippen LogP contribution in [0.4, 0.5) is 10.5 Å². The molecular weight excluding hydrogens is 412 g/mol. The maximum atomic E-state index is 14.3. The van der Waals surface area contributed by atoms with Gasteiger partial charge in [0.25, 0.3) is 5.91 Å². The number of fused-ring (bicyclic) bond motifs is 6. The van der Waals surface area contributed by atoms with Crippen LogP contribution >= 0.6 is 0 Å². The summed E-state index contributed by atoms with van der Waals surface area (Å²) in [5.74, 6) is -0.0440. The topological polar surface area (TPSA) is 68.4 Å². The van der Waals surface area contributed by atoms with Gasteiger partial charge in [-0.1, -0.05) is 55.7 Å². The summed E-state index contributed by atoms with van der Waals surface area (Å²) in [6.45, 7) is 3.06. The van der Waals surface area contributed by atoms with Gasteiger partial charge in [0.15, 0.2) is 5.54 Å². The van der Waals surface area contributed by atoms with E-state index in [1.165, 1.54) is 6.42 Å². The minimum Gasteiger partial charge on any atom is -0.355 e. The number of para-hydroxylation sites is 2. The zero-order valence-corrected chi connectivity index (χ0v) is 19.1. The summed E-state index contributed by atoms with van der Waals surface area (Å²) >= 11 is 0. The molecule has 3 aromatic rings. The van der Waals surface area contributed by atoms with Crippen LogP contribution in [0.2, 0.25) is 0 Å². The number of carbonyl (C=O) groups excluding carboxylic acids is 2. The van der Waals surface area contributed by atoms with Crippen LogP contribution in [0.1, 0.15) is 55.8 Å².